The SMILES string of the molecule is O=C(Nc1ncc(F)s1)/C(=C/[C@H]1C[C@@H](F)[C@@H](F)C1)c1ccc(S(=O)(=O)C2CC2)cc1. The average Bonchev–Trinajstić information content (AvgIpc) is 3.42. The van der Waals surface area contributed by atoms with Gasteiger partial charge in [-0.15, -0.1) is 0 Å². The fourth-order valence-corrected chi connectivity index (χ4v) is 5.71. The summed E-state index contributed by atoms with van der Waals surface area (Å²) in [6.45, 7) is 0. The van der Waals surface area contributed by atoms with E-state index in [1.165, 1.54) is 30.3 Å². The minimum absolute atomic E-state index is 0.0437. The summed E-state index contributed by atoms with van der Waals surface area (Å²) < 4.78 is 65.2. The number of allylic oxidation sites excluding steroid dienone is 1. The fraction of sp³-hybridized carbons (Fsp3) is 0.400. The fourth-order valence-electron chi connectivity index (χ4n) is 3.52. The predicted octanol–water partition coefficient (Wildman–Crippen LogP) is 4.33. The maximum atomic E-state index is 13.6. The number of benzene rings is 1. The Morgan fingerprint density at radius 1 is 1.13 bits per heavy atom. The number of alkyl halides is 2. The first kappa shape index (κ1) is 21.0. The van der Waals surface area contributed by atoms with Gasteiger partial charge >= 0.3 is 0 Å². The van der Waals surface area contributed by atoms with Crippen molar-refractivity contribution in [1.29, 1.82) is 0 Å². The van der Waals surface area contributed by atoms with Crippen LogP contribution < -0.4 is 5.32 Å². The van der Waals surface area contributed by atoms with Gasteiger partial charge in [-0.25, -0.2) is 22.2 Å². The first-order valence-corrected chi connectivity index (χ1v) is 11.9. The normalized spacial score (nSPS) is 24.8. The van der Waals surface area contributed by atoms with Crippen LogP contribution in [0.5, 0.6) is 0 Å². The molecule has 30 heavy (non-hydrogen) atoms. The first-order chi connectivity index (χ1) is 14.2. The Labute approximate surface area is 175 Å². The van der Waals surface area contributed by atoms with E-state index < -0.39 is 39.1 Å². The number of thiazole rings is 1. The van der Waals surface area contributed by atoms with Crippen LogP contribution in [0.1, 0.15) is 31.2 Å². The molecule has 1 heterocycles. The molecular weight excluding hydrogens is 437 g/mol. The monoisotopic (exact) mass is 456 g/mol. The maximum Gasteiger partial charge on any atom is 0.257 e. The Morgan fingerprint density at radius 2 is 1.77 bits per heavy atom. The second-order valence-electron chi connectivity index (χ2n) is 7.54. The van der Waals surface area contributed by atoms with E-state index in [0.29, 0.717) is 29.7 Å². The van der Waals surface area contributed by atoms with Crippen molar-refractivity contribution >= 4 is 37.8 Å². The molecule has 2 aliphatic rings. The molecule has 0 spiro atoms. The molecule has 1 amide bonds. The summed E-state index contributed by atoms with van der Waals surface area (Å²) in [6, 6.07) is 5.85. The maximum absolute atomic E-state index is 13.6. The zero-order chi connectivity index (χ0) is 21.5. The highest BCUT2D eigenvalue weighted by molar-refractivity contribution is 7.92. The first-order valence-electron chi connectivity index (χ1n) is 9.51. The summed E-state index contributed by atoms with van der Waals surface area (Å²) in [5.41, 5.74) is 0.532. The molecule has 0 unspecified atom stereocenters. The van der Waals surface area contributed by atoms with Crippen LogP contribution in [0.2, 0.25) is 0 Å². The van der Waals surface area contributed by atoms with Gasteiger partial charge in [-0.2, -0.15) is 4.39 Å². The lowest BCUT2D eigenvalue weighted by Crippen LogP contribution is -2.15. The molecule has 3 atom stereocenters. The third-order valence-corrected chi connectivity index (χ3v) is 8.23. The summed E-state index contributed by atoms with van der Waals surface area (Å²) in [5.74, 6) is -1.10. The largest absolute Gasteiger partial charge is 0.298 e. The third kappa shape index (κ3) is 4.44. The lowest BCUT2D eigenvalue weighted by atomic mass is 9.98. The van der Waals surface area contributed by atoms with E-state index >= 15 is 0 Å². The van der Waals surface area contributed by atoms with Gasteiger partial charge in [0, 0.05) is 5.57 Å². The van der Waals surface area contributed by atoms with Crippen molar-refractivity contribution in [1.82, 2.24) is 4.98 Å². The number of anilines is 1. The van der Waals surface area contributed by atoms with Crippen LogP contribution in [-0.4, -0.2) is 36.9 Å². The van der Waals surface area contributed by atoms with Crippen LogP contribution in [0.25, 0.3) is 5.57 Å². The molecule has 5 nitrogen and oxygen atoms in total. The topological polar surface area (TPSA) is 76.1 Å². The molecule has 10 heteroatoms. The third-order valence-electron chi connectivity index (χ3n) is 5.25. The lowest BCUT2D eigenvalue weighted by molar-refractivity contribution is -0.111. The van der Waals surface area contributed by atoms with E-state index in [1.54, 1.807) is 0 Å². The quantitative estimate of drug-likeness (QED) is 0.657. The van der Waals surface area contributed by atoms with Gasteiger partial charge in [0.25, 0.3) is 5.91 Å². The number of halogens is 3. The second kappa shape index (κ2) is 8.14. The van der Waals surface area contributed by atoms with E-state index in [-0.39, 0.29) is 33.7 Å². The van der Waals surface area contributed by atoms with Gasteiger partial charge in [0.05, 0.1) is 16.3 Å². The summed E-state index contributed by atoms with van der Waals surface area (Å²) in [5, 5.41) is 1.61. The van der Waals surface area contributed by atoms with Crippen molar-refractivity contribution in [3.05, 3.63) is 47.2 Å². The standard InChI is InChI=1S/C20H19F3N2O3S2/c21-16-8-11(9-17(16)22)7-15(19(26)25-20-24-10-18(23)29-20)12-1-3-13(4-2-12)30(27,28)14-5-6-14/h1-4,7,10-11,14,16-17H,5-6,8-9H2,(H,24,25,26)/b15-7+/t11-,16+,17-. The molecule has 2 aromatic rings. The van der Waals surface area contributed by atoms with Gasteiger partial charge in [0.2, 0.25) is 0 Å². The smallest absolute Gasteiger partial charge is 0.257 e. The molecule has 1 N–H and O–H groups in total. The van der Waals surface area contributed by atoms with Crippen molar-refractivity contribution < 1.29 is 26.4 Å². The van der Waals surface area contributed by atoms with Crippen LogP contribution in [0.4, 0.5) is 18.3 Å². The minimum atomic E-state index is -3.38. The van der Waals surface area contributed by atoms with E-state index in [9.17, 15) is 26.4 Å². The minimum Gasteiger partial charge on any atom is -0.298 e. The number of hydrogen-bond donors (Lipinski definition) is 1. The molecule has 2 fully saturated rings. The van der Waals surface area contributed by atoms with E-state index in [0.717, 1.165) is 6.20 Å². The molecular formula is C20H19F3N2O3S2. The Balaban J connectivity index is 1.63. The highest BCUT2D eigenvalue weighted by atomic mass is 32.2. The predicted molar refractivity (Wildman–Crippen MR) is 108 cm³/mol. The van der Waals surface area contributed by atoms with Crippen molar-refractivity contribution in [2.24, 2.45) is 5.92 Å². The van der Waals surface area contributed by atoms with Crippen molar-refractivity contribution in [2.75, 3.05) is 5.32 Å². The highest BCUT2D eigenvalue weighted by Crippen LogP contribution is 2.36. The number of aromatic nitrogens is 1. The van der Waals surface area contributed by atoms with E-state index in [1.807, 2.05) is 0 Å². The zero-order valence-electron chi connectivity index (χ0n) is 15.7. The Morgan fingerprint density at radius 3 is 2.30 bits per heavy atom. The number of rotatable bonds is 6. The Hall–Kier alpha value is -2.20. The van der Waals surface area contributed by atoms with Crippen molar-refractivity contribution in [2.45, 2.75) is 48.2 Å². The molecule has 160 valence electrons. The zero-order valence-corrected chi connectivity index (χ0v) is 17.4. The van der Waals surface area contributed by atoms with Crippen LogP contribution in [-0.2, 0) is 14.6 Å². The van der Waals surface area contributed by atoms with Gasteiger partial charge < -0.3 is 0 Å². The molecule has 4 rings (SSSR count). The summed E-state index contributed by atoms with van der Waals surface area (Å²) in [6.07, 6.45) is 0.479. The van der Waals surface area contributed by atoms with Crippen LogP contribution in [0, 0.1) is 11.0 Å². The van der Waals surface area contributed by atoms with Crippen molar-refractivity contribution in [3.8, 4) is 0 Å². The number of amides is 1. The highest BCUT2D eigenvalue weighted by Gasteiger charge is 2.37. The number of nitrogens with zero attached hydrogens (tertiary/aromatic N) is 1. The summed E-state index contributed by atoms with van der Waals surface area (Å²) in [7, 11) is -3.38. The molecule has 0 aliphatic heterocycles. The Bertz CT molecular complexity index is 1070. The number of hydrogen-bond acceptors (Lipinski definition) is 5. The molecule has 2 saturated carbocycles. The van der Waals surface area contributed by atoms with Gasteiger partial charge in [-0.3, -0.25) is 10.1 Å². The number of sulfone groups is 1. The molecule has 0 radical (unpaired) electrons. The van der Waals surface area contributed by atoms with Gasteiger partial charge in [-0.1, -0.05) is 29.5 Å². The number of nitrogens with one attached hydrogen (secondary N) is 1. The summed E-state index contributed by atoms with van der Waals surface area (Å²) >= 11 is 0.652. The van der Waals surface area contributed by atoms with Gasteiger partial charge in [0.1, 0.15) is 12.3 Å². The number of carbonyl (C=O) groups is 1. The number of carbonyl (C=O) groups excluding carboxylic acids is 1. The summed E-state index contributed by atoms with van der Waals surface area (Å²) in [4.78, 5) is 16.7. The molecule has 2 aliphatic carbocycles. The van der Waals surface area contributed by atoms with Gasteiger partial charge in [0.15, 0.2) is 20.1 Å². The average molecular weight is 457 g/mol. The van der Waals surface area contributed by atoms with Gasteiger partial charge in [-0.05, 0) is 49.3 Å². The second-order valence-corrected chi connectivity index (χ2v) is 10.7. The van der Waals surface area contributed by atoms with Crippen molar-refractivity contribution in [3.63, 3.8) is 0 Å². The van der Waals surface area contributed by atoms with Crippen LogP contribution in [0.15, 0.2) is 41.4 Å². The lowest BCUT2D eigenvalue weighted by Gasteiger charge is -2.12. The molecule has 0 bridgehead atoms. The molecule has 1 aromatic carbocycles. The molecule has 1 aromatic heterocycles. The van der Waals surface area contributed by atoms with E-state index in [4.69, 9.17) is 0 Å². The van der Waals surface area contributed by atoms with Crippen LogP contribution in [0.3, 0.4) is 0 Å². The Kier molecular flexibility index (Phi) is 5.71. The van der Waals surface area contributed by atoms with Crippen LogP contribution >= 0.6 is 11.3 Å². The van der Waals surface area contributed by atoms with E-state index in [2.05, 4.69) is 10.3 Å². The molecule has 0 saturated heterocycles.